The van der Waals surface area contributed by atoms with Crippen LogP contribution in [0.5, 0.6) is 0 Å². The molecule has 0 N–H and O–H groups in total. The third kappa shape index (κ3) is 2.14. The highest BCUT2D eigenvalue weighted by Crippen LogP contribution is 2.31. The fourth-order valence-corrected chi connectivity index (χ4v) is 4.07. The van der Waals surface area contributed by atoms with Crippen molar-refractivity contribution in [3.05, 3.63) is 46.8 Å². The smallest absolute Gasteiger partial charge is 0.199 e. The van der Waals surface area contributed by atoms with E-state index in [9.17, 15) is 8.42 Å². The van der Waals surface area contributed by atoms with Crippen molar-refractivity contribution in [1.29, 1.82) is 5.26 Å². The van der Waals surface area contributed by atoms with E-state index in [2.05, 4.69) is 5.10 Å². The van der Waals surface area contributed by atoms with Gasteiger partial charge < -0.3 is 0 Å². The van der Waals surface area contributed by atoms with E-state index in [1.165, 1.54) is 0 Å². The first-order valence-corrected chi connectivity index (χ1v) is 8.20. The fourth-order valence-electron chi connectivity index (χ4n) is 2.73. The van der Waals surface area contributed by atoms with E-state index in [1.54, 1.807) is 24.3 Å². The van der Waals surface area contributed by atoms with Crippen LogP contribution in [-0.4, -0.2) is 17.6 Å². The summed E-state index contributed by atoms with van der Waals surface area (Å²) >= 11 is 0. The lowest BCUT2D eigenvalue weighted by Crippen LogP contribution is -2.17. The maximum absolute atomic E-state index is 12.7. The Morgan fingerprint density at radius 1 is 1.29 bits per heavy atom. The number of aromatic nitrogens is 2. The van der Waals surface area contributed by atoms with Crippen LogP contribution in [0.25, 0.3) is 0 Å². The van der Waals surface area contributed by atoms with Gasteiger partial charge >= 0.3 is 0 Å². The van der Waals surface area contributed by atoms with Gasteiger partial charge in [0.15, 0.2) is 5.69 Å². The fraction of sp³-hybridized carbons (Fsp3) is 0.333. The van der Waals surface area contributed by atoms with E-state index in [0.29, 0.717) is 24.5 Å². The van der Waals surface area contributed by atoms with E-state index in [1.807, 2.05) is 19.9 Å². The van der Waals surface area contributed by atoms with Crippen molar-refractivity contribution in [3.63, 3.8) is 0 Å². The molecule has 0 saturated heterocycles. The molecule has 1 atom stereocenters. The van der Waals surface area contributed by atoms with Gasteiger partial charge in [-0.25, -0.2) is 0 Å². The summed E-state index contributed by atoms with van der Waals surface area (Å²) in [5, 5.41) is 13.2. The average Bonchev–Trinajstić information content (AvgIpc) is 2.96. The van der Waals surface area contributed by atoms with Crippen molar-refractivity contribution < 1.29 is 8.42 Å². The summed E-state index contributed by atoms with van der Waals surface area (Å²) in [6, 6.07) is 8.66. The first kappa shape index (κ1) is 13.8. The van der Waals surface area contributed by atoms with Crippen LogP contribution in [0.3, 0.4) is 0 Å². The highest BCUT2D eigenvalue weighted by Gasteiger charge is 2.32. The first-order chi connectivity index (χ1) is 9.93. The number of hydrogen-bond acceptors (Lipinski definition) is 4. The molecule has 0 bridgehead atoms. The van der Waals surface area contributed by atoms with Gasteiger partial charge in [-0.15, -0.1) is 5.10 Å². The lowest BCUT2D eigenvalue weighted by Gasteiger charge is -2.08. The second-order valence-electron chi connectivity index (χ2n) is 5.56. The van der Waals surface area contributed by atoms with Crippen LogP contribution in [0.1, 0.15) is 29.4 Å². The molecule has 1 heterocycles. The third-order valence-electron chi connectivity index (χ3n) is 3.80. The van der Waals surface area contributed by atoms with Crippen molar-refractivity contribution in [2.24, 2.45) is 5.92 Å². The van der Waals surface area contributed by atoms with Crippen molar-refractivity contribution >= 4 is 10.0 Å². The molecule has 6 heteroatoms. The summed E-state index contributed by atoms with van der Waals surface area (Å²) in [7, 11) is -3.74. The summed E-state index contributed by atoms with van der Waals surface area (Å²) < 4.78 is 26.5. The molecule has 108 valence electrons. The minimum Gasteiger partial charge on any atom is -0.199 e. The Balaban J connectivity index is 2.17. The van der Waals surface area contributed by atoms with Gasteiger partial charge in [0.1, 0.15) is 6.07 Å². The van der Waals surface area contributed by atoms with Crippen molar-refractivity contribution in [1.82, 2.24) is 9.19 Å². The molecular weight excluding hydrogens is 286 g/mol. The van der Waals surface area contributed by atoms with Gasteiger partial charge in [-0.3, -0.25) is 0 Å². The van der Waals surface area contributed by atoms with Crippen LogP contribution in [0.15, 0.2) is 29.2 Å². The molecule has 21 heavy (non-hydrogen) atoms. The Morgan fingerprint density at radius 3 is 2.57 bits per heavy atom. The molecule has 0 spiro atoms. The summed E-state index contributed by atoms with van der Waals surface area (Å²) in [4.78, 5) is 0.197. The molecule has 2 aromatic rings. The van der Waals surface area contributed by atoms with E-state index in [4.69, 9.17) is 5.26 Å². The normalized spacial score (nSPS) is 17.5. The highest BCUT2D eigenvalue weighted by molar-refractivity contribution is 7.89. The largest absolute Gasteiger partial charge is 0.283 e. The zero-order valence-corrected chi connectivity index (χ0v) is 12.7. The van der Waals surface area contributed by atoms with Gasteiger partial charge in [-0.2, -0.15) is 17.8 Å². The van der Waals surface area contributed by atoms with Crippen LogP contribution in [0.4, 0.5) is 0 Å². The number of hydrogen-bond donors (Lipinski definition) is 0. The van der Waals surface area contributed by atoms with Crippen LogP contribution >= 0.6 is 0 Å². The summed E-state index contributed by atoms with van der Waals surface area (Å²) in [5.74, 6) is 0.338. The molecule has 0 fully saturated rings. The molecule has 1 unspecified atom stereocenters. The van der Waals surface area contributed by atoms with E-state index >= 15 is 0 Å². The predicted molar refractivity (Wildman–Crippen MR) is 77.3 cm³/mol. The number of rotatable bonds is 2. The summed E-state index contributed by atoms with van der Waals surface area (Å²) in [5.41, 5.74) is 2.65. The molecule has 3 rings (SSSR count). The Bertz CT molecular complexity index is 842. The maximum atomic E-state index is 12.7. The number of benzene rings is 1. The lowest BCUT2D eigenvalue weighted by atomic mass is 10.1. The van der Waals surface area contributed by atoms with Gasteiger partial charge in [0.25, 0.3) is 10.0 Å². The van der Waals surface area contributed by atoms with E-state index < -0.39 is 10.0 Å². The monoisotopic (exact) mass is 301 g/mol. The number of nitrogens with zero attached hydrogens (tertiary/aromatic N) is 3. The van der Waals surface area contributed by atoms with Crippen molar-refractivity contribution in [2.45, 2.75) is 31.6 Å². The summed E-state index contributed by atoms with van der Waals surface area (Å²) in [6.07, 6.45) is 1.34. The molecule has 0 saturated carbocycles. The number of nitriles is 1. The highest BCUT2D eigenvalue weighted by atomic mass is 32.2. The van der Waals surface area contributed by atoms with Gasteiger partial charge in [0, 0.05) is 5.56 Å². The maximum Gasteiger partial charge on any atom is 0.283 e. The minimum atomic E-state index is -3.74. The van der Waals surface area contributed by atoms with Gasteiger partial charge in [0.05, 0.1) is 10.6 Å². The quantitative estimate of drug-likeness (QED) is 0.850. The molecule has 5 nitrogen and oxygen atoms in total. The topological polar surface area (TPSA) is 75.8 Å². The zero-order valence-electron chi connectivity index (χ0n) is 11.9. The Morgan fingerprint density at radius 2 is 1.95 bits per heavy atom. The van der Waals surface area contributed by atoms with Crippen LogP contribution in [-0.2, 0) is 22.9 Å². The molecular formula is C15H15N3O2S. The number of fused-ring (bicyclic) bond motifs is 1. The van der Waals surface area contributed by atoms with Gasteiger partial charge in [-0.1, -0.05) is 24.6 Å². The lowest BCUT2D eigenvalue weighted by molar-refractivity contribution is 0.568. The molecule has 0 radical (unpaired) electrons. The molecule has 1 aliphatic carbocycles. The van der Waals surface area contributed by atoms with Crippen molar-refractivity contribution in [2.75, 3.05) is 0 Å². The average molecular weight is 301 g/mol. The molecule has 0 amide bonds. The molecule has 1 aliphatic rings. The molecule has 0 aliphatic heterocycles. The summed E-state index contributed by atoms with van der Waals surface area (Å²) in [6.45, 7) is 3.95. The van der Waals surface area contributed by atoms with Crippen LogP contribution < -0.4 is 0 Å². The minimum absolute atomic E-state index is 0.197. The predicted octanol–water partition coefficient (Wildman–Crippen LogP) is 2.03. The van der Waals surface area contributed by atoms with E-state index in [-0.39, 0.29) is 10.6 Å². The standard InChI is InChI=1S/C15H15N3O2S/c1-10-3-5-12(6-4-10)21(19,20)18-15-8-11(2)7-13(15)14(9-16)17-18/h3-6,11H,7-8H2,1-2H3. The SMILES string of the molecule is Cc1ccc(S(=O)(=O)n2nc(C#N)c3c2CC(C)C3)cc1. The zero-order chi connectivity index (χ0) is 15.2. The van der Waals surface area contributed by atoms with Crippen LogP contribution in [0, 0.1) is 24.2 Å². The Labute approximate surface area is 123 Å². The van der Waals surface area contributed by atoms with Gasteiger partial charge in [-0.05, 0) is 37.8 Å². The van der Waals surface area contributed by atoms with E-state index in [0.717, 1.165) is 15.2 Å². The number of aryl methyl sites for hydroxylation is 1. The van der Waals surface area contributed by atoms with Gasteiger partial charge in [0.2, 0.25) is 0 Å². The Kier molecular flexibility index (Phi) is 3.10. The molecule has 1 aromatic carbocycles. The third-order valence-corrected chi connectivity index (χ3v) is 5.43. The molecule has 1 aromatic heterocycles. The van der Waals surface area contributed by atoms with Crippen molar-refractivity contribution in [3.8, 4) is 6.07 Å². The second kappa shape index (κ2) is 4.71. The Hall–Kier alpha value is -2.13. The second-order valence-corrected chi connectivity index (χ2v) is 7.33. The first-order valence-electron chi connectivity index (χ1n) is 6.76. The van der Waals surface area contributed by atoms with Crippen LogP contribution in [0.2, 0.25) is 0 Å².